The zero-order chi connectivity index (χ0) is 20.7. The number of aromatic nitrogens is 3. The van der Waals surface area contributed by atoms with Gasteiger partial charge in [-0.2, -0.15) is 4.98 Å². The Labute approximate surface area is 177 Å². The fraction of sp³-hybridized carbons (Fsp3) is 0.476. The summed E-state index contributed by atoms with van der Waals surface area (Å²) in [5.74, 6) is 1.43. The average molecular weight is 428 g/mol. The van der Waals surface area contributed by atoms with Gasteiger partial charge in [-0.25, -0.2) is 4.98 Å². The standard InChI is InChI=1S/C21H25N5O3S/c1-12-10-14(15(27)11-12)22-18-17(20-23-13-4-2-3-5-16(13)30-20)19(28)25-21(24-18)26-6-8-29-9-7-26/h2-5,12,14-15,27H,6-11H2,1H3,(H2,22,24,25,28). The van der Waals surface area contributed by atoms with E-state index in [1.807, 2.05) is 29.2 Å². The van der Waals surface area contributed by atoms with Gasteiger partial charge in [0.15, 0.2) is 0 Å². The Bertz CT molecular complexity index is 1070. The molecule has 5 rings (SSSR count). The number of aliphatic hydroxyl groups excluding tert-OH is 1. The van der Waals surface area contributed by atoms with Gasteiger partial charge in [-0.05, 0) is 30.9 Å². The van der Waals surface area contributed by atoms with Crippen LogP contribution in [0.25, 0.3) is 20.8 Å². The number of nitrogens with zero attached hydrogens (tertiary/aromatic N) is 3. The molecule has 30 heavy (non-hydrogen) atoms. The van der Waals surface area contributed by atoms with E-state index in [0.29, 0.717) is 54.6 Å². The highest BCUT2D eigenvalue weighted by molar-refractivity contribution is 7.21. The second-order valence-electron chi connectivity index (χ2n) is 8.09. The number of thiazole rings is 1. The molecule has 0 amide bonds. The summed E-state index contributed by atoms with van der Waals surface area (Å²) < 4.78 is 6.44. The maximum absolute atomic E-state index is 13.2. The summed E-state index contributed by atoms with van der Waals surface area (Å²) in [6.07, 6.45) is 1.12. The van der Waals surface area contributed by atoms with E-state index >= 15 is 0 Å². The Morgan fingerprint density at radius 1 is 1.23 bits per heavy atom. The zero-order valence-electron chi connectivity index (χ0n) is 16.8. The maximum Gasteiger partial charge on any atom is 0.264 e. The van der Waals surface area contributed by atoms with Gasteiger partial charge in [0.25, 0.3) is 5.56 Å². The van der Waals surface area contributed by atoms with Crippen LogP contribution in [0.5, 0.6) is 0 Å². The molecule has 9 heteroatoms. The van der Waals surface area contributed by atoms with Crippen LogP contribution in [0.1, 0.15) is 19.8 Å². The Kier molecular flexibility index (Phi) is 5.18. The maximum atomic E-state index is 13.2. The summed E-state index contributed by atoms with van der Waals surface area (Å²) in [6, 6.07) is 7.69. The summed E-state index contributed by atoms with van der Waals surface area (Å²) in [6.45, 7) is 4.68. The average Bonchev–Trinajstić information content (AvgIpc) is 3.30. The molecule has 2 fully saturated rings. The number of para-hydroxylation sites is 1. The Morgan fingerprint density at radius 2 is 2.03 bits per heavy atom. The molecule has 1 aliphatic heterocycles. The number of aromatic amines is 1. The molecule has 158 valence electrons. The summed E-state index contributed by atoms with van der Waals surface area (Å²) in [7, 11) is 0. The lowest BCUT2D eigenvalue weighted by atomic mass is 10.1. The van der Waals surface area contributed by atoms with E-state index in [0.717, 1.165) is 23.1 Å². The summed E-state index contributed by atoms with van der Waals surface area (Å²) in [5.41, 5.74) is 1.06. The fourth-order valence-corrected chi connectivity index (χ4v) is 5.27. The van der Waals surface area contributed by atoms with Crippen molar-refractivity contribution in [3.05, 3.63) is 34.6 Å². The van der Waals surface area contributed by atoms with Crippen molar-refractivity contribution in [2.24, 2.45) is 5.92 Å². The first kappa shape index (κ1) is 19.5. The number of aliphatic hydroxyl groups is 1. The number of morpholine rings is 1. The number of hydrogen-bond donors (Lipinski definition) is 3. The largest absolute Gasteiger partial charge is 0.391 e. The summed E-state index contributed by atoms with van der Waals surface area (Å²) in [5, 5.41) is 14.5. The molecule has 0 spiro atoms. The van der Waals surface area contributed by atoms with Gasteiger partial charge in [-0.15, -0.1) is 11.3 Å². The smallest absolute Gasteiger partial charge is 0.264 e. The van der Waals surface area contributed by atoms with E-state index in [9.17, 15) is 9.90 Å². The van der Waals surface area contributed by atoms with Crippen LogP contribution in [0, 0.1) is 5.92 Å². The number of rotatable bonds is 4. The minimum absolute atomic E-state index is 0.139. The van der Waals surface area contributed by atoms with Crippen molar-refractivity contribution in [2.45, 2.75) is 31.9 Å². The second kappa shape index (κ2) is 7.98. The van der Waals surface area contributed by atoms with Crippen LogP contribution in [0.2, 0.25) is 0 Å². The van der Waals surface area contributed by atoms with Crippen LogP contribution in [-0.2, 0) is 4.74 Å². The number of hydrogen-bond acceptors (Lipinski definition) is 8. The van der Waals surface area contributed by atoms with Crippen LogP contribution < -0.4 is 15.8 Å². The van der Waals surface area contributed by atoms with Crippen LogP contribution in [0.15, 0.2) is 29.1 Å². The number of nitrogens with one attached hydrogen (secondary N) is 2. The monoisotopic (exact) mass is 427 g/mol. The van der Waals surface area contributed by atoms with E-state index in [2.05, 4.69) is 22.2 Å². The minimum Gasteiger partial charge on any atom is -0.391 e. The highest BCUT2D eigenvalue weighted by atomic mass is 32.1. The van der Waals surface area contributed by atoms with Gasteiger partial charge in [0.1, 0.15) is 16.4 Å². The number of benzene rings is 1. The first-order valence-corrected chi connectivity index (χ1v) is 11.2. The van der Waals surface area contributed by atoms with Crippen LogP contribution >= 0.6 is 11.3 Å². The van der Waals surface area contributed by atoms with Gasteiger partial charge in [0.2, 0.25) is 5.95 Å². The number of anilines is 2. The highest BCUT2D eigenvalue weighted by Gasteiger charge is 2.32. The zero-order valence-corrected chi connectivity index (χ0v) is 17.6. The Hall–Kier alpha value is -2.49. The van der Waals surface area contributed by atoms with Crippen molar-refractivity contribution in [1.82, 2.24) is 15.0 Å². The van der Waals surface area contributed by atoms with E-state index < -0.39 is 6.10 Å². The molecular formula is C21H25N5O3S. The predicted molar refractivity (Wildman–Crippen MR) is 118 cm³/mol. The highest BCUT2D eigenvalue weighted by Crippen LogP contribution is 2.34. The van der Waals surface area contributed by atoms with Crippen LogP contribution in [0.3, 0.4) is 0 Å². The molecule has 3 unspecified atom stereocenters. The van der Waals surface area contributed by atoms with Crippen LogP contribution in [-0.4, -0.2) is 58.5 Å². The summed E-state index contributed by atoms with van der Waals surface area (Å²) in [4.78, 5) is 27.6. The lowest BCUT2D eigenvalue weighted by Crippen LogP contribution is -2.39. The molecule has 1 saturated heterocycles. The molecule has 3 atom stereocenters. The lowest BCUT2D eigenvalue weighted by Gasteiger charge is -2.28. The third kappa shape index (κ3) is 3.68. The molecule has 2 aromatic heterocycles. The topological polar surface area (TPSA) is 103 Å². The van der Waals surface area contributed by atoms with Crippen molar-refractivity contribution < 1.29 is 9.84 Å². The number of H-pyrrole nitrogens is 1. The third-order valence-corrected chi connectivity index (χ3v) is 6.87. The van der Waals surface area contributed by atoms with Gasteiger partial charge in [-0.3, -0.25) is 9.78 Å². The first-order valence-electron chi connectivity index (χ1n) is 10.4. The molecule has 1 aliphatic carbocycles. The summed E-state index contributed by atoms with van der Waals surface area (Å²) >= 11 is 1.47. The Balaban J connectivity index is 1.59. The van der Waals surface area contributed by atoms with Crippen LogP contribution in [0.4, 0.5) is 11.8 Å². The SMILES string of the molecule is CC1CC(O)C(Nc2nc(N3CCOCC3)[nH]c(=O)c2-c2nc3ccccc3s2)C1. The van der Waals surface area contributed by atoms with E-state index in [1.165, 1.54) is 11.3 Å². The normalized spacial score (nSPS) is 24.5. The second-order valence-corrected chi connectivity index (χ2v) is 9.12. The lowest BCUT2D eigenvalue weighted by molar-refractivity contribution is 0.122. The Morgan fingerprint density at radius 3 is 2.77 bits per heavy atom. The molecule has 0 bridgehead atoms. The minimum atomic E-state index is -0.462. The first-order chi connectivity index (χ1) is 14.6. The van der Waals surface area contributed by atoms with Crippen molar-refractivity contribution in [3.63, 3.8) is 0 Å². The van der Waals surface area contributed by atoms with E-state index in [4.69, 9.17) is 9.72 Å². The molecule has 1 aromatic carbocycles. The predicted octanol–water partition coefficient (Wildman–Crippen LogP) is 2.45. The fourth-order valence-electron chi connectivity index (χ4n) is 4.26. The molecule has 3 N–H and O–H groups in total. The van der Waals surface area contributed by atoms with E-state index in [-0.39, 0.29) is 11.6 Å². The third-order valence-electron chi connectivity index (χ3n) is 5.81. The van der Waals surface area contributed by atoms with Crippen molar-refractivity contribution in [1.29, 1.82) is 0 Å². The number of ether oxygens (including phenoxy) is 1. The van der Waals surface area contributed by atoms with Gasteiger partial charge in [0, 0.05) is 13.1 Å². The van der Waals surface area contributed by atoms with Gasteiger partial charge in [-0.1, -0.05) is 19.1 Å². The number of fused-ring (bicyclic) bond motifs is 1. The molecular weight excluding hydrogens is 402 g/mol. The van der Waals surface area contributed by atoms with Crippen molar-refractivity contribution in [2.75, 3.05) is 36.5 Å². The van der Waals surface area contributed by atoms with Crippen molar-refractivity contribution in [3.8, 4) is 10.6 Å². The van der Waals surface area contributed by atoms with E-state index in [1.54, 1.807) is 0 Å². The molecule has 3 aromatic rings. The quantitative estimate of drug-likeness (QED) is 0.588. The molecule has 3 heterocycles. The van der Waals surface area contributed by atoms with Gasteiger partial charge in [0.05, 0.1) is 35.6 Å². The molecule has 2 aliphatic rings. The molecule has 0 radical (unpaired) electrons. The van der Waals surface area contributed by atoms with Gasteiger partial charge < -0.3 is 20.1 Å². The van der Waals surface area contributed by atoms with Gasteiger partial charge >= 0.3 is 0 Å². The molecule has 1 saturated carbocycles. The van der Waals surface area contributed by atoms with Crippen molar-refractivity contribution >= 4 is 33.3 Å². The molecule has 8 nitrogen and oxygen atoms in total.